The predicted molar refractivity (Wildman–Crippen MR) is 121 cm³/mol. The van der Waals surface area contributed by atoms with Gasteiger partial charge in [-0.25, -0.2) is 0 Å². The summed E-state index contributed by atoms with van der Waals surface area (Å²) in [6, 6.07) is 11.2. The Kier molecular flexibility index (Phi) is 6.61. The summed E-state index contributed by atoms with van der Waals surface area (Å²) in [4.78, 5) is 30.2. The molecule has 0 saturated carbocycles. The van der Waals surface area contributed by atoms with E-state index in [1.165, 1.54) is 11.8 Å². The molecule has 8 nitrogen and oxygen atoms in total. The van der Waals surface area contributed by atoms with Crippen molar-refractivity contribution in [1.82, 2.24) is 19.7 Å². The number of nitrogens with one attached hydrogen (secondary N) is 1. The summed E-state index contributed by atoms with van der Waals surface area (Å²) in [5.41, 5.74) is 2.52. The molecule has 1 N–H and O–H groups in total. The molecule has 2 aromatic heterocycles. The van der Waals surface area contributed by atoms with E-state index in [1.54, 1.807) is 17.3 Å². The average molecular weight is 437 g/mol. The van der Waals surface area contributed by atoms with E-state index in [1.807, 2.05) is 41.0 Å². The van der Waals surface area contributed by atoms with Crippen molar-refractivity contribution >= 4 is 35.0 Å². The van der Waals surface area contributed by atoms with Gasteiger partial charge in [0.1, 0.15) is 0 Å². The zero-order chi connectivity index (χ0) is 21.6. The van der Waals surface area contributed by atoms with Crippen molar-refractivity contribution in [2.75, 3.05) is 22.5 Å². The molecule has 31 heavy (non-hydrogen) atoms. The van der Waals surface area contributed by atoms with E-state index in [-0.39, 0.29) is 17.6 Å². The normalized spacial score (nSPS) is 13.6. The molecule has 1 fully saturated rings. The second kappa shape index (κ2) is 9.74. The fourth-order valence-electron chi connectivity index (χ4n) is 3.51. The fraction of sp³-hybridized carbons (Fsp3) is 0.318. The van der Waals surface area contributed by atoms with Crippen molar-refractivity contribution in [3.8, 4) is 11.4 Å². The van der Waals surface area contributed by atoms with Gasteiger partial charge in [0.25, 0.3) is 0 Å². The lowest BCUT2D eigenvalue weighted by molar-refractivity contribution is -0.117. The van der Waals surface area contributed by atoms with Crippen LogP contribution < -0.4 is 10.2 Å². The van der Waals surface area contributed by atoms with Crippen molar-refractivity contribution in [2.45, 2.75) is 37.9 Å². The smallest absolute Gasteiger partial charge is 0.234 e. The van der Waals surface area contributed by atoms with Crippen LogP contribution in [0.4, 0.5) is 11.4 Å². The molecule has 1 aliphatic rings. The lowest BCUT2D eigenvalue weighted by Gasteiger charge is -2.16. The summed E-state index contributed by atoms with van der Waals surface area (Å²) in [6.07, 6.45) is 5.87. The number of amides is 2. The first-order chi connectivity index (χ1) is 15.2. The molecule has 1 aliphatic heterocycles. The predicted octanol–water partition coefficient (Wildman–Crippen LogP) is 3.61. The van der Waals surface area contributed by atoms with Crippen LogP contribution >= 0.6 is 11.8 Å². The van der Waals surface area contributed by atoms with Crippen LogP contribution in [0, 0.1) is 0 Å². The quantitative estimate of drug-likeness (QED) is 0.542. The molecule has 3 aromatic rings. The molecule has 1 saturated heterocycles. The Morgan fingerprint density at radius 1 is 1.13 bits per heavy atom. The van der Waals surface area contributed by atoms with Crippen LogP contribution in [0.2, 0.25) is 0 Å². The van der Waals surface area contributed by atoms with E-state index >= 15 is 0 Å². The van der Waals surface area contributed by atoms with Gasteiger partial charge < -0.3 is 14.8 Å². The maximum absolute atomic E-state index is 12.5. The van der Waals surface area contributed by atoms with Gasteiger partial charge >= 0.3 is 0 Å². The van der Waals surface area contributed by atoms with Crippen molar-refractivity contribution < 1.29 is 9.59 Å². The zero-order valence-corrected chi connectivity index (χ0v) is 18.1. The number of pyridine rings is 1. The molecule has 0 aliphatic carbocycles. The largest absolute Gasteiger partial charge is 0.325 e. The topological polar surface area (TPSA) is 93.0 Å². The van der Waals surface area contributed by atoms with E-state index in [0.717, 1.165) is 43.0 Å². The lowest BCUT2D eigenvalue weighted by atomic mass is 10.2. The molecule has 160 valence electrons. The van der Waals surface area contributed by atoms with Crippen molar-refractivity contribution in [1.29, 1.82) is 0 Å². The fourth-order valence-corrected chi connectivity index (χ4v) is 4.27. The summed E-state index contributed by atoms with van der Waals surface area (Å²) >= 11 is 1.36. The van der Waals surface area contributed by atoms with Crippen LogP contribution in [0.3, 0.4) is 0 Å². The minimum absolute atomic E-state index is 0.119. The summed E-state index contributed by atoms with van der Waals surface area (Å²) in [5, 5.41) is 12.2. The third-order valence-electron chi connectivity index (χ3n) is 4.97. The number of hydrogen-bond donors (Lipinski definition) is 1. The van der Waals surface area contributed by atoms with Crippen LogP contribution in [0.5, 0.6) is 0 Å². The highest BCUT2D eigenvalue weighted by Gasteiger charge is 2.21. The third kappa shape index (κ3) is 4.93. The van der Waals surface area contributed by atoms with Gasteiger partial charge in [-0.05, 0) is 49.2 Å². The second-order valence-electron chi connectivity index (χ2n) is 7.23. The Morgan fingerprint density at radius 3 is 2.58 bits per heavy atom. The minimum atomic E-state index is -0.119. The number of rotatable bonds is 8. The first kappa shape index (κ1) is 21.0. The van der Waals surface area contributed by atoms with Gasteiger partial charge in [0, 0.05) is 48.8 Å². The summed E-state index contributed by atoms with van der Waals surface area (Å²) in [6.45, 7) is 3.61. The van der Waals surface area contributed by atoms with Crippen molar-refractivity contribution in [3.05, 3.63) is 48.8 Å². The molecule has 1 aromatic carbocycles. The van der Waals surface area contributed by atoms with Crippen LogP contribution in [-0.2, 0) is 16.1 Å². The summed E-state index contributed by atoms with van der Waals surface area (Å²) in [7, 11) is 0. The monoisotopic (exact) mass is 436 g/mol. The van der Waals surface area contributed by atoms with E-state index < -0.39 is 0 Å². The molecule has 0 atom stereocenters. The molecule has 4 rings (SSSR count). The van der Waals surface area contributed by atoms with Gasteiger partial charge in [-0.3, -0.25) is 14.6 Å². The number of hydrogen-bond acceptors (Lipinski definition) is 6. The highest BCUT2D eigenvalue weighted by atomic mass is 32.2. The van der Waals surface area contributed by atoms with Gasteiger partial charge in [-0.15, -0.1) is 10.2 Å². The van der Waals surface area contributed by atoms with Crippen LogP contribution in [0.15, 0.2) is 53.9 Å². The van der Waals surface area contributed by atoms with Crippen LogP contribution in [0.25, 0.3) is 11.4 Å². The Bertz CT molecular complexity index is 1050. The number of carbonyl (C=O) groups excluding carboxylic acids is 2. The molecule has 0 spiro atoms. The Labute approximate surface area is 185 Å². The van der Waals surface area contributed by atoms with E-state index in [4.69, 9.17) is 0 Å². The Hall–Kier alpha value is -3.20. The molecule has 2 amide bonds. The number of nitrogens with zero attached hydrogens (tertiary/aromatic N) is 5. The van der Waals surface area contributed by atoms with E-state index in [2.05, 4.69) is 27.4 Å². The van der Waals surface area contributed by atoms with Crippen molar-refractivity contribution in [3.63, 3.8) is 0 Å². The van der Waals surface area contributed by atoms with Gasteiger partial charge in [0.05, 0.1) is 5.75 Å². The van der Waals surface area contributed by atoms with Crippen LogP contribution in [0.1, 0.15) is 26.2 Å². The first-order valence-corrected chi connectivity index (χ1v) is 11.3. The minimum Gasteiger partial charge on any atom is -0.325 e. The highest BCUT2D eigenvalue weighted by Crippen LogP contribution is 2.25. The zero-order valence-electron chi connectivity index (χ0n) is 17.3. The van der Waals surface area contributed by atoms with E-state index in [0.29, 0.717) is 17.3 Å². The molecular formula is C22H24N6O2S. The van der Waals surface area contributed by atoms with E-state index in [9.17, 15) is 9.59 Å². The summed E-state index contributed by atoms with van der Waals surface area (Å²) in [5.74, 6) is 1.03. The molecule has 9 heteroatoms. The average Bonchev–Trinajstić information content (AvgIpc) is 3.40. The molecule has 0 radical (unpaired) electrons. The number of carbonyl (C=O) groups is 2. The molecule has 3 heterocycles. The lowest BCUT2D eigenvalue weighted by Crippen LogP contribution is -2.23. The van der Waals surface area contributed by atoms with Gasteiger partial charge in [-0.1, -0.05) is 18.7 Å². The Morgan fingerprint density at radius 2 is 1.90 bits per heavy atom. The van der Waals surface area contributed by atoms with Gasteiger partial charge in [0.2, 0.25) is 11.8 Å². The molecule has 0 bridgehead atoms. The van der Waals surface area contributed by atoms with Gasteiger partial charge in [0.15, 0.2) is 11.0 Å². The summed E-state index contributed by atoms with van der Waals surface area (Å²) < 4.78 is 2.04. The molecule has 0 unspecified atom stereocenters. The first-order valence-electron chi connectivity index (χ1n) is 10.3. The molecular weight excluding hydrogens is 412 g/mol. The highest BCUT2D eigenvalue weighted by molar-refractivity contribution is 7.99. The second-order valence-corrected chi connectivity index (χ2v) is 8.17. The Balaban J connectivity index is 1.37. The number of anilines is 2. The SMILES string of the molecule is CCCn1c(SCC(=O)Nc2ccc(N3CCCC3=O)cc2)nnc1-c1ccncc1. The maximum atomic E-state index is 12.5. The maximum Gasteiger partial charge on any atom is 0.234 e. The van der Waals surface area contributed by atoms with Crippen molar-refractivity contribution in [2.24, 2.45) is 0 Å². The number of thioether (sulfide) groups is 1. The number of aromatic nitrogens is 4. The third-order valence-corrected chi connectivity index (χ3v) is 5.94. The van der Waals surface area contributed by atoms with Crippen LogP contribution in [-0.4, -0.2) is 43.9 Å². The standard InChI is InChI=1S/C22H24N6O2S/c1-2-13-28-21(16-9-11-23-12-10-16)25-26-22(28)31-15-19(29)24-17-5-7-18(8-6-17)27-14-3-4-20(27)30/h5-12H,2-4,13-15H2,1H3,(H,24,29). The number of benzene rings is 1. The van der Waals surface area contributed by atoms with Gasteiger partial charge in [-0.2, -0.15) is 0 Å².